The summed E-state index contributed by atoms with van der Waals surface area (Å²) in [4.78, 5) is 54.8. The summed E-state index contributed by atoms with van der Waals surface area (Å²) < 4.78 is 31.8. The first kappa shape index (κ1) is 24.8. The van der Waals surface area contributed by atoms with E-state index in [1.54, 1.807) is 5.38 Å². The molecule has 1 aromatic rings. The Labute approximate surface area is 188 Å². The molecule has 0 aromatic carbocycles. The molecule has 0 bridgehead atoms. The number of nitrogens with two attached hydrogens (primary N) is 1. The van der Waals surface area contributed by atoms with Crippen LogP contribution in [0, 0.1) is 0 Å². The summed E-state index contributed by atoms with van der Waals surface area (Å²) in [5.41, 5.74) is 5.40. The summed E-state index contributed by atoms with van der Waals surface area (Å²) in [6, 6.07) is -1.34. The number of alkyl halides is 1. The largest absolute Gasteiger partial charge is 0.389 e. The van der Waals surface area contributed by atoms with Crippen LogP contribution in [0.5, 0.6) is 0 Å². The van der Waals surface area contributed by atoms with E-state index in [0.29, 0.717) is 28.8 Å². The number of halogens is 1. The van der Waals surface area contributed by atoms with Gasteiger partial charge < -0.3 is 21.2 Å². The number of hydrogen-bond donors (Lipinski definition) is 4. The molecule has 2 rings (SSSR count). The van der Waals surface area contributed by atoms with Gasteiger partial charge in [-0.2, -0.15) is 12.7 Å². The van der Waals surface area contributed by atoms with Gasteiger partial charge >= 0.3 is 10.3 Å². The van der Waals surface area contributed by atoms with E-state index in [1.165, 1.54) is 0 Å². The Morgan fingerprint density at radius 3 is 2.81 bits per heavy atom. The summed E-state index contributed by atoms with van der Waals surface area (Å²) in [6.45, 7) is -0.132. The maximum Gasteiger partial charge on any atom is 0.363 e. The van der Waals surface area contributed by atoms with Crippen LogP contribution in [0.25, 0.3) is 0 Å². The Balaban J connectivity index is 1.86. The van der Waals surface area contributed by atoms with E-state index < -0.39 is 45.3 Å². The van der Waals surface area contributed by atoms with Crippen LogP contribution in [0.2, 0.25) is 0 Å². The Morgan fingerprint density at radius 2 is 2.19 bits per heavy atom. The second-order valence-corrected chi connectivity index (χ2v) is 9.12. The highest BCUT2D eigenvalue weighted by molar-refractivity contribution is 8.01. The van der Waals surface area contributed by atoms with Gasteiger partial charge in [0.15, 0.2) is 11.7 Å². The molecule has 2 atom stereocenters. The molecule has 31 heavy (non-hydrogen) atoms. The van der Waals surface area contributed by atoms with Crippen LogP contribution in [0.4, 0.5) is 5.13 Å². The molecule has 0 saturated carbocycles. The van der Waals surface area contributed by atoms with Crippen molar-refractivity contribution < 1.29 is 37.0 Å². The summed E-state index contributed by atoms with van der Waals surface area (Å²) in [6.07, 6.45) is 0.696. The fourth-order valence-corrected chi connectivity index (χ4v) is 5.07. The zero-order valence-corrected chi connectivity index (χ0v) is 18.5. The molecule has 1 aromatic heterocycles. The Morgan fingerprint density at radius 1 is 1.48 bits per heavy atom. The molecule has 1 aliphatic heterocycles. The molecule has 4 amide bonds. The van der Waals surface area contributed by atoms with Crippen molar-refractivity contribution in [2.45, 2.75) is 18.0 Å². The van der Waals surface area contributed by atoms with Gasteiger partial charge in [0.1, 0.15) is 23.5 Å². The van der Waals surface area contributed by atoms with Crippen LogP contribution in [0.15, 0.2) is 10.5 Å². The van der Waals surface area contributed by atoms with E-state index in [0.717, 1.165) is 11.3 Å². The number of thiazole rings is 1. The van der Waals surface area contributed by atoms with Crippen molar-refractivity contribution >= 4 is 80.0 Å². The van der Waals surface area contributed by atoms with Crippen LogP contribution >= 0.6 is 34.7 Å². The standard InChI is InChI=1S/C13H15ClN6O8S3/c14-1-8(22)19-13-17-6(4-30-13)3-28-16-2-9(23)18-10-11(24)20(31(25,26)27)12(10)29-5-7(15)21/h2,4,10,12H,1,3,5H2,(H2,15,21)(H,18,23)(H,17,19,22)(H,25,26,27)/t10-,12-/m1/s1. The van der Waals surface area contributed by atoms with Gasteiger partial charge in [0.25, 0.3) is 11.8 Å². The summed E-state index contributed by atoms with van der Waals surface area (Å²) >= 11 is 7.14. The minimum absolute atomic E-state index is 0.127. The smallest absolute Gasteiger partial charge is 0.363 e. The van der Waals surface area contributed by atoms with Gasteiger partial charge in [-0.05, 0) is 0 Å². The number of carbonyl (C=O) groups excluding carboxylic acids is 4. The summed E-state index contributed by atoms with van der Waals surface area (Å²) in [5.74, 6) is -3.78. The molecule has 1 aliphatic rings. The van der Waals surface area contributed by atoms with E-state index in [-0.39, 0.29) is 22.5 Å². The van der Waals surface area contributed by atoms with Crippen molar-refractivity contribution in [2.24, 2.45) is 10.9 Å². The van der Waals surface area contributed by atoms with E-state index in [9.17, 15) is 27.6 Å². The monoisotopic (exact) mass is 514 g/mol. The molecule has 0 spiro atoms. The lowest BCUT2D eigenvalue weighted by Gasteiger charge is -2.43. The number of aromatic nitrogens is 1. The predicted octanol–water partition coefficient (Wildman–Crippen LogP) is -1.50. The van der Waals surface area contributed by atoms with Crippen molar-refractivity contribution in [3.63, 3.8) is 0 Å². The number of rotatable bonds is 11. The van der Waals surface area contributed by atoms with Gasteiger partial charge in [0, 0.05) is 5.38 Å². The van der Waals surface area contributed by atoms with Crippen LogP contribution < -0.4 is 16.4 Å². The zero-order valence-electron chi connectivity index (χ0n) is 15.3. The second-order valence-electron chi connectivity index (χ2n) is 5.60. The molecule has 170 valence electrons. The Kier molecular flexibility index (Phi) is 8.57. The maximum atomic E-state index is 11.9. The lowest BCUT2D eigenvalue weighted by molar-refractivity contribution is -0.141. The third kappa shape index (κ3) is 7.03. The number of β-lactam (4-membered cyclic amide) rings is 1. The fraction of sp³-hybridized carbons (Fsp3) is 0.385. The first-order valence-corrected chi connectivity index (χ1v) is 11.9. The first-order chi connectivity index (χ1) is 14.5. The first-order valence-electron chi connectivity index (χ1n) is 7.99. The highest BCUT2D eigenvalue weighted by Crippen LogP contribution is 2.32. The number of anilines is 1. The number of amides is 4. The van der Waals surface area contributed by atoms with Crippen molar-refractivity contribution in [3.05, 3.63) is 11.1 Å². The van der Waals surface area contributed by atoms with E-state index in [4.69, 9.17) is 26.7 Å². The number of nitrogens with one attached hydrogen (secondary N) is 2. The quantitative estimate of drug-likeness (QED) is 0.0881. The molecule has 18 heteroatoms. The van der Waals surface area contributed by atoms with E-state index >= 15 is 0 Å². The van der Waals surface area contributed by atoms with Gasteiger partial charge in [-0.3, -0.25) is 23.7 Å². The summed E-state index contributed by atoms with van der Waals surface area (Å²) in [7, 11) is -4.88. The van der Waals surface area contributed by atoms with E-state index in [1.807, 2.05) is 0 Å². The van der Waals surface area contributed by atoms with Gasteiger partial charge in [-0.15, -0.1) is 34.7 Å². The molecule has 1 fully saturated rings. The van der Waals surface area contributed by atoms with Crippen LogP contribution in [-0.2, 0) is 40.9 Å². The fourth-order valence-electron chi connectivity index (χ4n) is 2.11. The summed E-state index contributed by atoms with van der Waals surface area (Å²) in [5, 5.41) is 8.66. The number of nitrogens with zero attached hydrogens (tertiary/aromatic N) is 3. The lowest BCUT2D eigenvalue weighted by Crippen LogP contribution is -2.70. The lowest BCUT2D eigenvalue weighted by atomic mass is 10.1. The molecule has 5 N–H and O–H groups in total. The number of carbonyl (C=O) groups is 4. The van der Waals surface area contributed by atoms with Crippen LogP contribution in [-0.4, -0.2) is 75.2 Å². The van der Waals surface area contributed by atoms with Gasteiger partial charge in [0.2, 0.25) is 11.8 Å². The second kappa shape index (κ2) is 10.7. The van der Waals surface area contributed by atoms with Crippen molar-refractivity contribution in [3.8, 4) is 0 Å². The minimum atomic E-state index is -4.88. The molecule has 1 saturated heterocycles. The number of hydrogen-bond acceptors (Lipinski definition) is 11. The number of primary amides is 1. The Hall–Kier alpha value is -2.47. The predicted molar refractivity (Wildman–Crippen MR) is 111 cm³/mol. The molecule has 14 nitrogen and oxygen atoms in total. The Bertz CT molecular complexity index is 999. The minimum Gasteiger partial charge on any atom is -0.389 e. The van der Waals surface area contributed by atoms with Crippen molar-refractivity contribution in [2.75, 3.05) is 16.9 Å². The highest BCUT2D eigenvalue weighted by Gasteiger charge is 2.54. The normalized spacial score (nSPS) is 18.5. The van der Waals surface area contributed by atoms with Gasteiger partial charge in [0.05, 0.1) is 11.4 Å². The molecular formula is C13H15ClN6O8S3. The SMILES string of the molecule is NC(=O)CS[C@@H]1[C@H](NC(=O)C=NOCc2csc(NC(=O)CCl)n2)C(=O)N1S(=O)(=O)O. The molecule has 0 aliphatic carbocycles. The van der Waals surface area contributed by atoms with Gasteiger partial charge in [-0.25, -0.2) is 4.98 Å². The average molecular weight is 515 g/mol. The third-order valence-corrected chi connectivity index (χ3v) is 6.68. The van der Waals surface area contributed by atoms with Crippen molar-refractivity contribution in [1.82, 2.24) is 14.6 Å². The van der Waals surface area contributed by atoms with Crippen molar-refractivity contribution in [1.29, 1.82) is 0 Å². The van der Waals surface area contributed by atoms with Crippen LogP contribution in [0.1, 0.15) is 5.69 Å². The third-order valence-electron chi connectivity index (χ3n) is 3.32. The molecule has 0 radical (unpaired) electrons. The zero-order chi connectivity index (χ0) is 23.2. The van der Waals surface area contributed by atoms with Crippen LogP contribution in [0.3, 0.4) is 0 Å². The number of thioether (sulfide) groups is 1. The maximum absolute atomic E-state index is 11.9. The van der Waals surface area contributed by atoms with E-state index in [2.05, 4.69) is 20.8 Å². The highest BCUT2D eigenvalue weighted by atomic mass is 35.5. The average Bonchev–Trinajstić information content (AvgIpc) is 3.12. The molecular weight excluding hydrogens is 500 g/mol. The number of oxime groups is 1. The molecule has 0 unspecified atom stereocenters. The van der Waals surface area contributed by atoms with Gasteiger partial charge in [-0.1, -0.05) is 5.16 Å². The molecule has 2 heterocycles. The topological polar surface area (TPSA) is 210 Å².